The van der Waals surface area contributed by atoms with Crippen molar-refractivity contribution in [2.24, 2.45) is 4.99 Å². The molecule has 0 fully saturated rings. The zero-order valence-electron chi connectivity index (χ0n) is 17.6. The second-order valence-electron chi connectivity index (χ2n) is 6.84. The third-order valence-electron chi connectivity index (χ3n) is 5.03. The highest BCUT2D eigenvalue weighted by atomic mass is 16.5. The number of pyridine rings is 1. The summed E-state index contributed by atoms with van der Waals surface area (Å²) in [6, 6.07) is 16.7. The van der Waals surface area contributed by atoms with E-state index in [0.29, 0.717) is 34.7 Å². The Bertz CT molecular complexity index is 1210. The van der Waals surface area contributed by atoms with Gasteiger partial charge in [-0.25, -0.2) is 0 Å². The molecule has 0 aliphatic carbocycles. The molecule has 0 radical (unpaired) electrons. The Labute approximate surface area is 180 Å². The molecule has 31 heavy (non-hydrogen) atoms. The first-order valence-electron chi connectivity index (χ1n) is 9.66. The molecule has 0 atom stereocenters. The second-order valence-corrected chi connectivity index (χ2v) is 6.84. The summed E-state index contributed by atoms with van der Waals surface area (Å²) in [4.78, 5) is 17.2. The van der Waals surface area contributed by atoms with E-state index in [2.05, 4.69) is 4.99 Å². The van der Waals surface area contributed by atoms with Gasteiger partial charge in [-0.3, -0.25) is 14.4 Å². The zero-order valence-corrected chi connectivity index (χ0v) is 17.6. The number of methoxy groups -OCH3 is 2. The fraction of sp³-hybridized carbons (Fsp3) is 0.208. The Balaban J connectivity index is 2.03. The number of aromatic nitrogens is 1. The minimum atomic E-state index is -0.521. The van der Waals surface area contributed by atoms with Crippen molar-refractivity contribution in [3.05, 3.63) is 81.1 Å². The minimum absolute atomic E-state index is 0.0194. The van der Waals surface area contributed by atoms with Gasteiger partial charge in [0.25, 0.3) is 5.56 Å². The second kappa shape index (κ2) is 9.63. The topological polar surface area (TPSA) is 96.8 Å². The van der Waals surface area contributed by atoms with Crippen LogP contribution in [0.3, 0.4) is 0 Å². The number of benzene rings is 2. The number of rotatable bonds is 7. The monoisotopic (exact) mass is 417 g/mol. The van der Waals surface area contributed by atoms with Crippen LogP contribution in [-0.2, 0) is 13.0 Å². The maximum Gasteiger partial charge on any atom is 0.271 e. The van der Waals surface area contributed by atoms with Crippen LogP contribution in [0.25, 0.3) is 0 Å². The molecular formula is C24H23N3O4. The van der Waals surface area contributed by atoms with Gasteiger partial charge in [0.1, 0.15) is 28.8 Å². The van der Waals surface area contributed by atoms with Gasteiger partial charge in [0.05, 0.1) is 19.8 Å². The van der Waals surface area contributed by atoms with Crippen LogP contribution < -0.4 is 15.0 Å². The molecular weight excluding hydrogens is 394 g/mol. The number of nitrogens with zero attached hydrogens (tertiary/aromatic N) is 3. The largest absolute Gasteiger partial charge is 0.497 e. The summed E-state index contributed by atoms with van der Waals surface area (Å²) in [6.07, 6.45) is 1.97. The van der Waals surface area contributed by atoms with Crippen LogP contribution in [0.2, 0.25) is 0 Å². The molecule has 7 nitrogen and oxygen atoms in total. The first-order valence-corrected chi connectivity index (χ1v) is 9.66. The Morgan fingerprint density at radius 2 is 1.90 bits per heavy atom. The Morgan fingerprint density at radius 1 is 1.16 bits per heavy atom. The van der Waals surface area contributed by atoms with Gasteiger partial charge in [0.15, 0.2) is 0 Å². The first kappa shape index (κ1) is 21.7. The summed E-state index contributed by atoms with van der Waals surface area (Å²) in [6.45, 7) is 1.85. The normalized spacial score (nSPS) is 10.8. The van der Waals surface area contributed by atoms with Gasteiger partial charge in [0.2, 0.25) is 5.88 Å². The molecule has 3 aromatic rings. The predicted molar refractivity (Wildman–Crippen MR) is 119 cm³/mol. The van der Waals surface area contributed by atoms with Crippen molar-refractivity contribution >= 4 is 11.9 Å². The highest BCUT2D eigenvalue weighted by molar-refractivity contribution is 5.88. The highest BCUT2D eigenvalue weighted by Gasteiger charge is 2.18. The molecule has 3 rings (SSSR count). The van der Waals surface area contributed by atoms with Gasteiger partial charge in [-0.2, -0.15) is 5.26 Å². The van der Waals surface area contributed by atoms with Gasteiger partial charge in [-0.05, 0) is 36.6 Å². The molecule has 0 bridgehead atoms. The van der Waals surface area contributed by atoms with Crippen molar-refractivity contribution in [1.29, 1.82) is 5.26 Å². The molecule has 0 saturated heterocycles. The van der Waals surface area contributed by atoms with E-state index in [1.807, 2.05) is 36.4 Å². The minimum Gasteiger partial charge on any atom is -0.497 e. The van der Waals surface area contributed by atoms with Crippen molar-refractivity contribution in [2.45, 2.75) is 19.9 Å². The van der Waals surface area contributed by atoms with Crippen LogP contribution in [0.15, 0.2) is 58.3 Å². The molecule has 1 N–H and O–H groups in total. The van der Waals surface area contributed by atoms with E-state index in [4.69, 9.17) is 9.47 Å². The third-order valence-corrected chi connectivity index (χ3v) is 5.03. The number of aromatic hydroxyl groups is 1. The van der Waals surface area contributed by atoms with Gasteiger partial charge in [-0.15, -0.1) is 0 Å². The van der Waals surface area contributed by atoms with Crippen molar-refractivity contribution < 1.29 is 14.6 Å². The van der Waals surface area contributed by atoms with Gasteiger partial charge < -0.3 is 14.6 Å². The van der Waals surface area contributed by atoms with Crippen LogP contribution in [-0.4, -0.2) is 30.1 Å². The van der Waals surface area contributed by atoms with Crippen LogP contribution >= 0.6 is 0 Å². The van der Waals surface area contributed by atoms with Crippen molar-refractivity contribution in [1.82, 2.24) is 4.57 Å². The summed E-state index contributed by atoms with van der Waals surface area (Å²) in [5, 5.41) is 20.4. The number of aliphatic imine (C=N–C) groups is 1. The van der Waals surface area contributed by atoms with Crippen molar-refractivity contribution in [3.63, 3.8) is 0 Å². The molecule has 0 saturated carbocycles. The number of ether oxygens (including phenoxy) is 2. The molecule has 0 amide bonds. The summed E-state index contributed by atoms with van der Waals surface area (Å²) in [5.41, 5.74) is 1.68. The molecule has 1 aromatic heterocycles. The van der Waals surface area contributed by atoms with Crippen LogP contribution in [0.1, 0.15) is 22.3 Å². The molecule has 0 aliphatic heterocycles. The molecule has 158 valence electrons. The molecule has 2 aromatic carbocycles. The van der Waals surface area contributed by atoms with E-state index in [1.54, 1.807) is 32.2 Å². The third kappa shape index (κ3) is 4.59. The van der Waals surface area contributed by atoms with E-state index >= 15 is 0 Å². The summed E-state index contributed by atoms with van der Waals surface area (Å²) in [5.74, 6) is 0.885. The van der Waals surface area contributed by atoms with Gasteiger partial charge in [-0.1, -0.05) is 30.3 Å². The highest BCUT2D eigenvalue weighted by Crippen LogP contribution is 2.32. The van der Waals surface area contributed by atoms with Gasteiger partial charge in [0, 0.05) is 18.8 Å². The molecule has 7 heteroatoms. The molecule has 0 unspecified atom stereocenters. The van der Waals surface area contributed by atoms with E-state index in [-0.39, 0.29) is 18.0 Å². The lowest BCUT2D eigenvalue weighted by Crippen LogP contribution is -2.26. The average molecular weight is 417 g/mol. The van der Waals surface area contributed by atoms with Gasteiger partial charge >= 0.3 is 0 Å². The lowest BCUT2D eigenvalue weighted by atomic mass is 10.1. The number of hydrogen-bond donors (Lipinski definition) is 1. The van der Waals surface area contributed by atoms with Crippen LogP contribution in [0.5, 0.6) is 17.4 Å². The van der Waals surface area contributed by atoms with Crippen molar-refractivity contribution in [2.75, 3.05) is 14.2 Å². The smallest absolute Gasteiger partial charge is 0.271 e. The maximum atomic E-state index is 12.8. The molecule has 0 spiro atoms. The van der Waals surface area contributed by atoms with E-state index in [1.165, 1.54) is 17.9 Å². The van der Waals surface area contributed by atoms with Crippen LogP contribution in [0.4, 0.5) is 5.69 Å². The quantitative estimate of drug-likeness (QED) is 0.591. The average Bonchev–Trinajstić information content (AvgIpc) is 2.79. The first-order chi connectivity index (χ1) is 15.0. The summed E-state index contributed by atoms with van der Waals surface area (Å²) >= 11 is 0. The zero-order chi connectivity index (χ0) is 22.4. The van der Waals surface area contributed by atoms with Crippen LogP contribution in [0, 0.1) is 18.3 Å². The lowest BCUT2D eigenvalue weighted by molar-refractivity contribution is 0.395. The van der Waals surface area contributed by atoms with E-state index in [0.717, 1.165) is 5.56 Å². The number of nitriles is 1. The standard InChI is InChI=1S/C24H23N3O4/c1-16-19(14-25)23(28)27(12-11-17-7-5-4-6-8-17)24(29)20(16)15-26-21-10-9-18(30-2)13-22(21)31-3/h4-10,13,15,29H,11-12H2,1-3H3. The van der Waals surface area contributed by atoms with E-state index in [9.17, 15) is 15.2 Å². The fourth-order valence-corrected chi connectivity index (χ4v) is 3.24. The fourth-order valence-electron chi connectivity index (χ4n) is 3.24. The Morgan fingerprint density at radius 3 is 2.55 bits per heavy atom. The molecule has 1 heterocycles. The number of hydrogen-bond acceptors (Lipinski definition) is 6. The summed E-state index contributed by atoms with van der Waals surface area (Å²) in [7, 11) is 3.08. The maximum absolute atomic E-state index is 12.8. The lowest BCUT2D eigenvalue weighted by Gasteiger charge is -2.14. The van der Waals surface area contributed by atoms with E-state index < -0.39 is 5.56 Å². The van der Waals surface area contributed by atoms with Crippen molar-refractivity contribution in [3.8, 4) is 23.4 Å². The Hall–Kier alpha value is -4.05. The Kier molecular flexibility index (Phi) is 6.73. The number of aryl methyl sites for hydroxylation is 1. The predicted octanol–water partition coefficient (Wildman–Crippen LogP) is 3.74. The summed E-state index contributed by atoms with van der Waals surface area (Å²) < 4.78 is 11.8. The SMILES string of the molecule is COc1ccc(N=Cc2c(C)c(C#N)c(=O)n(CCc3ccccc3)c2O)c(OC)c1. The molecule has 0 aliphatic rings.